The molecular formula is C6H2Br2ClF2NO2S. The van der Waals surface area contributed by atoms with Gasteiger partial charge in [0.05, 0.1) is 10.0 Å². The van der Waals surface area contributed by atoms with Crippen molar-refractivity contribution in [1.82, 2.24) is 4.98 Å². The van der Waals surface area contributed by atoms with Crippen molar-refractivity contribution in [2.45, 2.75) is 11.3 Å². The number of aromatic nitrogens is 1. The molecule has 0 saturated heterocycles. The maximum atomic E-state index is 12.5. The van der Waals surface area contributed by atoms with Crippen molar-refractivity contribution in [3.63, 3.8) is 0 Å². The molecular weight excluding hydrogens is 383 g/mol. The van der Waals surface area contributed by atoms with Gasteiger partial charge in [0, 0.05) is 16.9 Å². The molecule has 1 aromatic heterocycles. The third-order valence-corrected chi connectivity index (χ3v) is 5.00. The summed E-state index contributed by atoms with van der Waals surface area (Å²) in [5.41, 5.74) is -0.736. The van der Waals surface area contributed by atoms with Crippen molar-refractivity contribution in [2.24, 2.45) is 0 Å². The van der Waals surface area contributed by atoms with E-state index in [-0.39, 0.29) is 9.08 Å². The van der Waals surface area contributed by atoms with Gasteiger partial charge >= 0.3 is 0 Å². The van der Waals surface area contributed by atoms with Gasteiger partial charge in [0.1, 0.15) is 9.50 Å². The Kier molecular flexibility index (Phi) is 4.07. The molecule has 1 rings (SSSR count). The van der Waals surface area contributed by atoms with Gasteiger partial charge in [0.15, 0.2) is 0 Å². The first-order valence-corrected chi connectivity index (χ1v) is 7.21. The van der Waals surface area contributed by atoms with Gasteiger partial charge in [-0.25, -0.2) is 22.2 Å². The molecule has 9 heteroatoms. The topological polar surface area (TPSA) is 47.0 Å². The van der Waals surface area contributed by atoms with E-state index in [4.69, 9.17) is 10.7 Å². The summed E-state index contributed by atoms with van der Waals surface area (Å²) in [7, 11) is 0.789. The SMILES string of the molecule is O=S(=O)(Cl)c1c(C(F)F)cnc(Br)c1Br. The lowest BCUT2D eigenvalue weighted by Crippen LogP contribution is -2.02. The van der Waals surface area contributed by atoms with Crippen LogP contribution in [0.25, 0.3) is 0 Å². The first-order chi connectivity index (χ1) is 6.75. The maximum absolute atomic E-state index is 12.5. The van der Waals surface area contributed by atoms with Crippen LogP contribution < -0.4 is 0 Å². The molecule has 1 heterocycles. The first-order valence-electron chi connectivity index (χ1n) is 3.32. The van der Waals surface area contributed by atoms with Crippen LogP contribution in [0.3, 0.4) is 0 Å². The van der Waals surface area contributed by atoms with Gasteiger partial charge in [-0.05, 0) is 31.9 Å². The molecule has 0 unspecified atom stereocenters. The Morgan fingerprint density at radius 2 is 1.93 bits per heavy atom. The lowest BCUT2D eigenvalue weighted by atomic mass is 10.3. The quantitative estimate of drug-likeness (QED) is 0.579. The molecule has 0 saturated carbocycles. The number of alkyl halides is 2. The van der Waals surface area contributed by atoms with Crippen molar-refractivity contribution in [3.05, 3.63) is 20.8 Å². The van der Waals surface area contributed by atoms with Gasteiger partial charge in [-0.1, -0.05) is 0 Å². The number of rotatable bonds is 2. The number of nitrogens with zero attached hydrogens (tertiary/aromatic N) is 1. The summed E-state index contributed by atoms with van der Waals surface area (Å²) in [6, 6.07) is 0. The highest BCUT2D eigenvalue weighted by molar-refractivity contribution is 9.13. The number of halogens is 5. The van der Waals surface area contributed by atoms with Crippen molar-refractivity contribution in [3.8, 4) is 0 Å². The second-order valence-corrected chi connectivity index (χ2v) is 6.43. The number of pyridine rings is 1. The highest BCUT2D eigenvalue weighted by Gasteiger charge is 2.26. The second kappa shape index (κ2) is 4.60. The molecule has 0 radical (unpaired) electrons. The van der Waals surface area contributed by atoms with Crippen molar-refractivity contribution >= 4 is 51.6 Å². The third-order valence-electron chi connectivity index (χ3n) is 1.44. The lowest BCUT2D eigenvalue weighted by molar-refractivity contribution is 0.147. The van der Waals surface area contributed by atoms with Crippen LogP contribution >= 0.6 is 42.5 Å². The van der Waals surface area contributed by atoms with Crippen LogP contribution in [0.1, 0.15) is 12.0 Å². The van der Waals surface area contributed by atoms with Crippen LogP contribution in [0.2, 0.25) is 0 Å². The Morgan fingerprint density at radius 1 is 1.40 bits per heavy atom. The van der Waals surface area contributed by atoms with E-state index in [1.807, 2.05) is 0 Å². The molecule has 0 N–H and O–H groups in total. The fourth-order valence-electron chi connectivity index (χ4n) is 0.865. The average molecular weight is 385 g/mol. The van der Waals surface area contributed by atoms with E-state index in [9.17, 15) is 17.2 Å². The Hall–Kier alpha value is 0.210. The van der Waals surface area contributed by atoms with Crippen LogP contribution in [-0.4, -0.2) is 13.4 Å². The fourth-order valence-corrected chi connectivity index (χ4v) is 3.78. The van der Waals surface area contributed by atoms with Crippen molar-refractivity contribution in [1.29, 1.82) is 0 Å². The number of hydrogen-bond donors (Lipinski definition) is 0. The second-order valence-electron chi connectivity index (χ2n) is 2.39. The van der Waals surface area contributed by atoms with E-state index in [0.29, 0.717) is 0 Å². The average Bonchev–Trinajstić information content (AvgIpc) is 2.06. The predicted octanol–water partition coefficient (Wildman–Crippen LogP) is 3.47. The summed E-state index contributed by atoms with van der Waals surface area (Å²) in [5, 5.41) is 0. The van der Waals surface area contributed by atoms with E-state index in [1.54, 1.807) is 0 Å². The van der Waals surface area contributed by atoms with Gasteiger partial charge in [0.25, 0.3) is 15.5 Å². The minimum absolute atomic E-state index is 0.0890. The molecule has 15 heavy (non-hydrogen) atoms. The van der Waals surface area contributed by atoms with Crippen molar-refractivity contribution in [2.75, 3.05) is 0 Å². The molecule has 0 aromatic carbocycles. The smallest absolute Gasteiger partial charge is 0.248 e. The van der Waals surface area contributed by atoms with Gasteiger partial charge in [-0.2, -0.15) is 0 Å². The first kappa shape index (κ1) is 13.3. The standard InChI is InChI=1S/C6H2Br2ClF2NO2S/c7-3-4(15(9,13)14)2(6(10)11)1-12-5(3)8/h1,6H. The monoisotopic (exact) mass is 383 g/mol. The summed E-state index contributed by atoms with van der Waals surface area (Å²) in [6.45, 7) is 0. The van der Waals surface area contributed by atoms with Gasteiger partial charge in [-0.3, -0.25) is 0 Å². The summed E-state index contributed by atoms with van der Waals surface area (Å²) < 4.78 is 47.1. The van der Waals surface area contributed by atoms with E-state index < -0.39 is 25.9 Å². The largest absolute Gasteiger partial charge is 0.266 e. The molecule has 0 atom stereocenters. The van der Waals surface area contributed by atoms with E-state index in [2.05, 4.69) is 36.8 Å². The normalized spacial score (nSPS) is 12.1. The van der Waals surface area contributed by atoms with Gasteiger partial charge < -0.3 is 0 Å². The summed E-state index contributed by atoms with van der Waals surface area (Å²) in [6.07, 6.45) is -2.21. The highest BCUT2D eigenvalue weighted by atomic mass is 79.9. The van der Waals surface area contributed by atoms with Crippen LogP contribution in [-0.2, 0) is 9.05 Å². The van der Waals surface area contributed by atoms with E-state index in [0.717, 1.165) is 6.20 Å². The molecule has 84 valence electrons. The van der Waals surface area contributed by atoms with Crippen LogP contribution in [0.5, 0.6) is 0 Å². The minimum Gasteiger partial charge on any atom is -0.248 e. The molecule has 1 aromatic rings. The van der Waals surface area contributed by atoms with Crippen LogP contribution in [0.4, 0.5) is 8.78 Å². The molecule has 3 nitrogen and oxygen atoms in total. The lowest BCUT2D eigenvalue weighted by Gasteiger charge is -2.08. The molecule has 0 bridgehead atoms. The minimum atomic E-state index is -4.26. The summed E-state index contributed by atoms with van der Waals surface area (Å²) >= 11 is 5.72. The molecule has 0 fully saturated rings. The molecule has 0 spiro atoms. The van der Waals surface area contributed by atoms with Gasteiger partial charge in [0.2, 0.25) is 0 Å². The van der Waals surface area contributed by atoms with Crippen LogP contribution in [0.15, 0.2) is 20.2 Å². The fraction of sp³-hybridized carbons (Fsp3) is 0.167. The maximum Gasteiger partial charge on any atom is 0.266 e. The molecule has 0 aliphatic rings. The molecule has 0 amide bonds. The van der Waals surface area contributed by atoms with Gasteiger partial charge in [-0.15, -0.1) is 0 Å². The zero-order valence-corrected chi connectivity index (χ0v) is 11.5. The van der Waals surface area contributed by atoms with E-state index >= 15 is 0 Å². The molecule has 0 aliphatic carbocycles. The summed E-state index contributed by atoms with van der Waals surface area (Å²) in [4.78, 5) is 2.88. The Labute approximate surface area is 106 Å². The molecule has 0 aliphatic heterocycles. The summed E-state index contributed by atoms with van der Waals surface area (Å²) in [5.74, 6) is 0. The zero-order valence-electron chi connectivity index (χ0n) is 6.72. The zero-order chi connectivity index (χ0) is 11.8. The number of hydrogen-bond acceptors (Lipinski definition) is 3. The Balaban J connectivity index is 3.65. The third kappa shape index (κ3) is 2.86. The van der Waals surface area contributed by atoms with Crippen molar-refractivity contribution < 1.29 is 17.2 Å². The Bertz CT molecular complexity index is 494. The van der Waals surface area contributed by atoms with E-state index in [1.165, 1.54) is 0 Å². The highest BCUT2D eigenvalue weighted by Crippen LogP contribution is 2.37. The Morgan fingerprint density at radius 3 is 2.33 bits per heavy atom. The van der Waals surface area contributed by atoms with Crippen LogP contribution in [0, 0.1) is 0 Å². The predicted molar refractivity (Wildman–Crippen MR) is 57.6 cm³/mol.